The van der Waals surface area contributed by atoms with Crippen LogP contribution in [-0.4, -0.2) is 31.5 Å². The summed E-state index contributed by atoms with van der Waals surface area (Å²) in [5.74, 6) is 2.43. The Morgan fingerprint density at radius 1 is 1.08 bits per heavy atom. The number of ether oxygens (including phenoxy) is 3. The average Bonchev–Trinajstić information content (AvgIpc) is 2.90. The van der Waals surface area contributed by atoms with Crippen LogP contribution in [0.25, 0.3) is 0 Å². The van der Waals surface area contributed by atoms with Crippen LogP contribution < -0.4 is 19.5 Å². The van der Waals surface area contributed by atoms with E-state index in [1.54, 1.807) is 0 Å². The van der Waals surface area contributed by atoms with Gasteiger partial charge in [-0.1, -0.05) is 18.2 Å². The lowest BCUT2D eigenvalue weighted by Gasteiger charge is -2.16. The number of aliphatic hydroxyl groups is 1. The van der Waals surface area contributed by atoms with Gasteiger partial charge in [0.05, 0.1) is 19.8 Å². The molecule has 0 amide bonds. The first-order valence-electron chi connectivity index (χ1n) is 8.72. The molecule has 2 N–H and O–H groups in total. The fourth-order valence-electron chi connectivity index (χ4n) is 2.71. The summed E-state index contributed by atoms with van der Waals surface area (Å²) in [5, 5.41) is 12.3. The lowest BCUT2D eigenvalue weighted by atomic mass is 10.1. The van der Waals surface area contributed by atoms with Crippen LogP contribution in [0.3, 0.4) is 0 Å². The molecule has 1 aliphatic rings. The third kappa shape index (κ3) is 4.87. The summed E-state index contributed by atoms with van der Waals surface area (Å²) >= 11 is 0. The summed E-state index contributed by atoms with van der Waals surface area (Å²) in [6.07, 6.45) is 0.913. The largest absolute Gasteiger partial charge is 0.491 e. The Bertz CT molecular complexity index is 672. The second-order valence-electron chi connectivity index (χ2n) is 6.08. The van der Waals surface area contributed by atoms with E-state index in [1.165, 1.54) is 11.1 Å². The Morgan fingerprint density at radius 2 is 1.84 bits per heavy atom. The molecule has 0 fully saturated rings. The van der Waals surface area contributed by atoms with Gasteiger partial charge in [0, 0.05) is 19.0 Å². The zero-order valence-electron chi connectivity index (χ0n) is 14.5. The van der Waals surface area contributed by atoms with Gasteiger partial charge < -0.3 is 24.6 Å². The third-order valence-corrected chi connectivity index (χ3v) is 4.17. The molecule has 0 saturated carbocycles. The van der Waals surface area contributed by atoms with Crippen molar-refractivity contribution in [3.63, 3.8) is 0 Å². The third-order valence-electron chi connectivity index (χ3n) is 4.17. The summed E-state index contributed by atoms with van der Waals surface area (Å²) in [7, 11) is 0. The van der Waals surface area contributed by atoms with Crippen LogP contribution in [0.4, 0.5) is 0 Å². The molecule has 2 aromatic carbocycles. The normalized spacial score (nSPS) is 14.6. The van der Waals surface area contributed by atoms with Crippen molar-refractivity contribution in [1.29, 1.82) is 0 Å². The molecule has 5 heteroatoms. The van der Waals surface area contributed by atoms with Gasteiger partial charge in [-0.05, 0) is 42.3 Å². The highest BCUT2D eigenvalue weighted by Gasteiger charge is 2.13. The van der Waals surface area contributed by atoms with Crippen molar-refractivity contribution in [3.05, 3.63) is 53.6 Å². The van der Waals surface area contributed by atoms with Crippen LogP contribution in [-0.2, 0) is 6.54 Å². The molecule has 0 aliphatic carbocycles. The van der Waals surface area contributed by atoms with E-state index in [9.17, 15) is 0 Å². The minimum absolute atomic E-state index is 0.0242. The van der Waals surface area contributed by atoms with E-state index in [1.807, 2.05) is 30.3 Å². The summed E-state index contributed by atoms with van der Waals surface area (Å²) < 4.78 is 16.8. The van der Waals surface area contributed by atoms with E-state index in [-0.39, 0.29) is 12.6 Å². The second kappa shape index (κ2) is 8.74. The van der Waals surface area contributed by atoms with Crippen molar-refractivity contribution in [1.82, 2.24) is 5.32 Å². The molecule has 1 unspecified atom stereocenters. The Hall–Kier alpha value is -2.24. The molecule has 0 saturated heterocycles. The van der Waals surface area contributed by atoms with Gasteiger partial charge in [-0.25, -0.2) is 0 Å². The zero-order valence-corrected chi connectivity index (χ0v) is 14.5. The van der Waals surface area contributed by atoms with Crippen LogP contribution in [0.2, 0.25) is 0 Å². The minimum Gasteiger partial charge on any atom is -0.491 e. The highest BCUT2D eigenvalue weighted by atomic mass is 16.5. The maximum atomic E-state index is 8.77. The van der Waals surface area contributed by atoms with Gasteiger partial charge in [0.2, 0.25) is 0 Å². The van der Waals surface area contributed by atoms with E-state index in [0.717, 1.165) is 30.2 Å². The number of hydrogen-bond acceptors (Lipinski definition) is 5. The monoisotopic (exact) mass is 343 g/mol. The number of aliphatic hydroxyl groups excluding tert-OH is 1. The van der Waals surface area contributed by atoms with Gasteiger partial charge in [-0.2, -0.15) is 0 Å². The fourth-order valence-corrected chi connectivity index (χ4v) is 2.71. The molecule has 0 aromatic heterocycles. The van der Waals surface area contributed by atoms with Gasteiger partial charge >= 0.3 is 0 Å². The minimum atomic E-state index is 0.0242. The molecule has 0 radical (unpaired) electrons. The molecular formula is C20H25NO4. The lowest BCUT2D eigenvalue weighted by Crippen LogP contribution is -2.18. The Kier molecular flexibility index (Phi) is 6.14. The molecule has 2 aromatic rings. The van der Waals surface area contributed by atoms with Crippen LogP contribution in [0.1, 0.15) is 30.5 Å². The quantitative estimate of drug-likeness (QED) is 0.809. The van der Waals surface area contributed by atoms with Gasteiger partial charge in [-0.3, -0.25) is 0 Å². The van der Waals surface area contributed by atoms with Gasteiger partial charge in [0.15, 0.2) is 11.5 Å². The van der Waals surface area contributed by atoms with E-state index in [2.05, 4.69) is 24.4 Å². The Balaban J connectivity index is 1.57. The maximum Gasteiger partial charge on any atom is 0.161 e. The van der Waals surface area contributed by atoms with Crippen molar-refractivity contribution in [2.24, 2.45) is 0 Å². The first kappa shape index (κ1) is 17.6. The number of benzene rings is 2. The molecular weight excluding hydrogens is 318 g/mol. The molecule has 1 atom stereocenters. The SMILES string of the molecule is CC(NCc1ccc(OCCO)cc1)c1ccc2c(c1)OCCCO2. The van der Waals surface area contributed by atoms with Crippen molar-refractivity contribution < 1.29 is 19.3 Å². The topological polar surface area (TPSA) is 60.0 Å². The van der Waals surface area contributed by atoms with Crippen LogP contribution >= 0.6 is 0 Å². The fraction of sp³-hybridized carbons (Fsp3) is 0.400. The molecule has 134 valence electrons. The molecule has 5 nitrogen and oxygen atoms in total. The molecule has 0 bridgehead atoms. The van der Waals surface area contributed by atoms with Crippen molar-refractivity contribution in [3.8, 4) is 17.2 Å². The van der Waals surface area contributed by atoms with Crippen LogP contribution in [0.5, 0.6) is 17.2 Å². The number of rotatable bonds is 7. The number of nitrogens with one attached hydrogen (secondary N) is 1. The zero-order chi connectivity index (χ0) is 17.5. The molecule has 0 spiro atoms. The standard InChI is InChI=1S/C20H25NO4/c1-15(17-5-8-19-20(13-17)25-11-2-10-24-19)21-14-16-3-6-18(7-4-16)23-12-9-22/h3-8,13,15,21-22H,2,9-12,14H2,1H3. The van der Waals surface area contributed by atoms with Crippen molar-refractivity contribution in [2.75, 3.05) is 26.4 Å². The van der Waals surface area contributed by atoms with Gasteiger partial charge in [0.1, 0.15) is 12.4 Å². The molecule has 1 aliphatic heterocycles. The molecule has 1 heterocycles. The molecule has 25 heavy (non-hydrogen) atoms. The summed E-state index contributed by atoms with van der Waals surface area (Å²) in [6.45, 7) is 4.64. The van der Waals surface area contributed by atoms with Crippen LogP contribution in [0, 0.1) is 0 Å². The predicted molar refractivity (Wildman–Crippen MR) is 96.3 cm³/mol. The Labute approximate surface area is 148 Å². The van der Waals surface area contributed by atoms with E-state index >= 15 is 0 Å². The van der Waals surface area contributed by atoms with E-state index < -0.39 is 0 Å². The molecule has 3 rings (SSSR count). The number of hydrogen-bond donors (Lipinski definition) is 2. The smallest absolute Gasteiger partial charge is 0.161 e. The summed E-state index contributed by atoms with van der Waals surface area (Å²) in [5.41, 5.74) is 2.35. The van der Waals surface area contributed by atoms with Gasteiger partial charge in [-0.15, -0.1) is 0 Å². The second-order valence-corrected chi connectivity index (χ2v) is 6.08. The highest BCUT2D eigenvalue weighted by molar-refractivity contribution is 5.44. The van der Waals surface area contributed by atoms with E-state index in [0.29, 0.717) is 19.8 Å². The first-order chi connectivity index (χ1) is 12.3. The summed E-state index contributed by atoms with van der Waals surface area (Å²) in [6, 6.07) is 14.2. The maximum absolute atomic E-state index is 8.77. The first-order valence-corrected chi connectivity index (χ1v) is 8.72. The van der Waals surface area contributed by atoms with E-state index in [4.69, 9.17) is 19.3 Å². The average molecular weight is 343 g/mol. The summed E-state index contributed by atoms with van der Waals surface area (Å²) in [4.78, 5) is 0. The Morgan fingerprint density at radius 3 is 2.60 bits per heavy atom. The van der Waals surface area contributed by atoms with Crippen LogP contribution in [0.15, 0.2) is 42.5 Å². The predicted octanol–water partition coefficient (Wildman–Crippen LogP) is 3.07. The van der Waals surface area contributed by atoms with Crippen molar-refractivity contribution in [2.45, 2.75) is 25.9 Å². The number of fused-ring (bicyclic) bond motifs is 1. The highest BCUT2D eigenvalue weighted by Crippen LogP contribution is 2.32. The lowest BCUT2D eigenvalue weighted by molar-refractivity contribution is 0.201. The van der Waals surface area contributed by atoms with Crippen molar-refractivity contribution >= 4 is 0 Å². The van der Waals surface area contributed by atoms with Gasteiger partial charge in [0.25, 0.3) is 0 Å².